The fourth-order valence-electron chi connectivity index (χ4n) is 6.30. The van der Waals surface area contributed by atoms with Gasteiger partial charge < -0.3 is 0 Å². The van der Waals surface area contributed by atoms with E-state index in [1.54, 1.807) is 0 Å². The normalized spacial score (nSPS) is 55.8. The molecule has 0 spiro atoms. The SMILES string of the molecule is C[C@]12CCC[C@@H]1[C@@H]1C[C@H]3C=CC[C@@](C)(C3=O)[C@H]1CC2. The van der Waals surface area contributed by atoms with E-state index in [0.29, 0.717) is 17.1 Å². The third kappa shape index (κ3) is 1.45. The van der Waals surface area contributed by atoms with Crippen LogP contribution < -0.4 is 0 Å². The molecule has 0 heterocycles. The van der Waals surface area contributed by atoms with Crippen molar-refractivity contribution in [3.05, 3.63) is 12.2 Å². The lowest BCUT2D eigenvalue weighted by atomic mass is 9.46. The van der Waals surface area contributed by atoms with Crippen LogP contribution in [0.3, 0.4) is 0 Å². The number of Topliss-reactive ketones (excluding diaryl/α,β-unsaturated/α-hetero) is 1. The highest BCUT2D eigenvalue weighted by Gasteiger charge is 2.59. The first-order chi connectivity index (χ1) is 9.05. The van der Waals surface area contributed by atoms with E-state index in [9.17, 15) is 4.79 Å². The summed E-state index contributed by atoms with van der Waals surface area (Å²) in [6, 6.07) is 0. The molecule has 2 bridgehead atoms. The Morgan fingerprint density at radius 2 is 2.00 bits per heavy atom. The number of hydrogen-bond donors (Lipinski definition) is 0. The average Bonchev–Trinajstić information content (AvgIpc) is 2.75. The van der Waals surface area contributed by atoms with Crippen LogP contribution in [0.2, 0.25) is 0 Å². The van der Waals surface area contributed by atoms with Gasteiger partial charge >= 0.3 is 0 Å². The Kier molecular flexibility index (Phi) is 2.40. The lowest BCUT2D eigenvalue weighted by molar-refractivity contribution is -0.149. The molecule has 0 N–H and O–H groups in total. The molecular formula is C18H26O. The Morgan fingerprint density at radius 1 is 1.16 bits per heavy atom. The number of hydrogen-bond acceptors (Lipinski definition) is 1. The maximum absolute atomic E-state index is 12.7. The van der Waals surface area contributed by atoms with Crippen molar-refractivity contribution >= 4 is 5.78 Å². The van der Waals surface area contributed by atoms with Crippen molar-refractivity contribution in [1.82, 2.24) is 0 Å². The number of carbonyl (C=O) groups excluding carboxylic acids is 1. The summed E-state index contributed by atoms with van der Waals surface area (Å²) in [7, 11) is 0. The van der Waals surface area contributed by atoms with E-state index in [1.165, 1.54) is 32.1 Å². The smallest absolute Gasteiger partial charge is 0.146 e. The largest absolute Gasteiger partial charge is 0.298 e. The Balaban J connectivity index is 1.75. The monoisotopic (exact) mass is 258 g/mol. The van der Waals surface area contributed by atoms with Gasteiger partial charge in [0.1, 0.15) is 5.78 Å². The van der Waals surface area contributed by atoms with E-state index in [2.05, 4.69) is 26.0 Å². The molecule has 3 fully saturated rings. The number of rotatable bonds is 0. The van der Waals surface area contributed by atoms with Crippen LogP contribution in [0.4, 0.5) is 0 Å². The van der Waals surface area contributed by atoms with Crippen LogP contribution in [-0.4, -0.2) is 5.78 Å². The lowest BCUT2D eigenvalue weighted by Crippen LogP contribution is -2.54. The molecule has 0 aliphatic heterocycles. The first-order valence-corrected chi connectivity index (χ1v) is 8.26. The summed E-state index contributed by atoms with van der Waals surface area (Å²) in [5.41, 5.74) is 0.585. The summed E-state index contributed by atoms with van der Waals surface area (Å²) in [4.78, 5) is 12.7. The molecule has 3 saturated carbocycles. The van der Waals surface area contributed by atoms with E-state index in [0.717, 1.165) is 24.7 Å². The van der Waals surface area contributed by atoms with Crippen molar-refractivity contribution in [3.8, 4) is 0 Å². The van der Waals surface area contributed by atoms with Gasteiger partial charge in [-0.2, -0.15) is 0 Å². The van der Waals surface area contributed by atoms with Crippen molar-refractivity contribution in [2.75, 3.05) is 0 Å². The maximum atomic E-state index is 12.7. The quantitative estimate of drug-likeness (QED) is 0.589. The molecule has 0 aromatic carbocycles. The van der Waals surface area contributed by atoms with Crippen LogP contribution in [0.15, 0.2) is 12.2 Å². The van der Waals surface area contributed by atoms with Crippen molar-refractivity contribution in [2.45, 2.75) is 58.8 Å². The van der Waals surface area contributed by atoms with Crippen LogP contribution >= 0.6 is 0 Å². The zero-order valence-corrected chi connectivity index (χ0v) is 12.3. The van der Waals surface area contributed by atoms with Gasteiger partial charge in [0, 0.05) is 11.3 Å². The van der Waals surface area contributed by atoms with Crippen LogP contribution in [-0.2, 0) is 4.79 Å². The fourth-order valence-corrected chi connectivity index (χ4v) is 6.30. The summed E-state index contributed by atoms with van der Waals surface area (Å²) in [6.07, 6.45) is 13.7. The second kappa shape index (κ2) is 3.74. The summed E-state index contributed by atoms with van der Waals surface area (Å²) < 4.78 is 0. The fraction of sp³-hybridized carbons (Fsp3) is 0.833. The topological polar surface area (TPSA) is 17.1 Å². The Hall–Kier alpha value is -0.590. The summed E-state index contributed by atoms with van der Waals surface area (Å²) in [6.45, 7) is 4.81. The van der Waals surface area contributed by atoms with E-state index in [4.69, 9.17) is 0 Å². The Morgan fingerprint density at radius 3 is 2.84 bits per heavy atom. The van der Waals surface area contributed by atoms with E-state index in [1.807, 2.05) is 0 Å². The third-order valence-electron chi connectivity index (χ3n) is 7.37. The summed E-state index contributed by atoms with van der Waals surface area (Å²) in [5, 5.41) is 0. The molecule has 0 amide bonds. The second-order valence-electron chi connectivity index (χ2n) is 8.22. The number of allylic oxidation sites excluding steroid dienone is 2. The van der Waals surface area contributed by atoms with Crippen molar-refractivity contribution in [2.24, 2.45) is 34.5 Å². The lowest BCUT2D eigenvalue weighted by Gasteiger charge is -2.57. The zero-order chi connectivity index (χ0) is 13.3. The van der Waals surface area contributed by atoms with Crippen LogP contribution in [0, 0.1) is 34.5 Å². The number of ketones is 1. The highest BCUT2D eigenvalue weighted by molar-refractivity contribution is 5.90. The van der Waals surface area contributed by atoms with Gasteiger partial charge in [-0.05, 0) is 61.7 Å². The first-order valence-electron chi connectivity index (χ1n) is 8.26. The molecule has 0 unspecified atom stereocenters. The molecule has 19 heavy (non-hydrogen) atoms. The highest BCUT2D eigenvalue weighted by Crippen LogP contribution is 2.64. The third-order valence-corrected chi connectivity index (χ3v) is 7.37. The van der Waals surface area contributed by atoms with Gasteiger partial charge in [0.15, 0.2) is 0 Å². The molecule has 4 rings (SSSR count). The van der Waals surface area contributed by atoms with Gasteiger partial charge in [0.05, 0.1) is 0 Å². The Bertz CT molecular complexity index is 451. The molecule has 4 aliphatic carbocycles. The Labute approximate surface area is 116 Å². The van der Waals surface area contributed by atoms with E-state index < -0.39 is 0 Å². The summed E-state index contributed by atoms with van der Waals surface area (Å²) in [5.74, 6) is 3.24. The van der Waals surface area contributed by atoms with Gasteiger partial charge in [0.2, 0.25) is 0 Å². The van der Waals surface area contributed by atoms with Gasteiger partial charge in [-0.15, -0.1) is 0 Å². The van der Waals surface area contributed by atoms with Crippen LogP contribution in [0.1, 0.15) is 58.8 Å². The second-order valence-corrected chi connectivity index (χ2v) is 8.22. The predicted octanol–water partition coefficient (Wildman–Crippen LogP) is 4.37. The zero-order valence-electron chi connectivity index (χ0n) is 12.3. The van der Waals surface area contributed by atoms with Gasteiger partial charge in [0.25, 0.3) is 0 Å². The minimum atomic E-state index is -0.0216. The average molecular weight is 258 g/mol. The minimum absolute atomic E-state index is 0.0216. The maximum Gasteiger partial charge on any atom is 0.146 e. The van der Waals surface area contributed by atoms with Crippen LogP contribution in [0.5, 0.6) is 0 Å². The van der Waals surface area contributed by atoms with E-state index >= 15 is 0 Å². The van der Waals surface area contributed by atoms with Gasteiger partial charge in [-0.3, -0.25) is 4.79 Å². The molecule has 0 aromatic rings. The highest BCUT2D eigenvalue weighted by atomic mass is 16.1. The number of fused-ring (bicyclic) bond motifs is 6. The summed E-state index contributed by atoms with van der Waals surface area (Å²) >= 11 is 0. The van der Waals surface area contributed by atoms with Crippen molar-refractivity contribution in [3.63, 3.8) is 0 Å². The van der Waals surface area contributed by atoms with Crippen molar-refractivity contribution in [1.29, 1.82) is 0 Å². The predicted molar refractivity (Wildman–Crippen MR) is 76.6 cm³/mol. The molecule has 4 aliphatic rings. The molecule has 0 aromatic heterocycles. The number of carbonyl (C=O) groups is 1. The van der Waals surface area contributed by atoms with Crippen LogP contribution in [0.25, 0.3) is 0 Å². The van der Waals surface area contributed by atoms with Gasteiger partial charge in [-0.1, -0.05) is 32.4 Å². The van der Waals surface area contributed by atoms with Crippen molar-refractivity contribution < 1.29 is 4.79 Å². The minimum Gasteiger partial charge on any atom is -0.298 e. The first kappa shape index (κ1) is 12.2. The molecule has 1 heteroatoms. The molecule has 1 nitrogen and oxygen atoms in total. The van der Waals surface area contributed by atoms with E-state index in [-0.39, 0.29) is 11.3 Å². The molecule has 0 radical (unpaired) electrons. The molecule has 104 valence electrons. The molecule has 0 saturated heterocycles. The molecular weight excluding hydrogens is 232 g/mol. The van der Waals surface area contributed by atoms with Gasteiger partial charge in [-0.25, -0.2) is 0 Å². The molecule has 6 atom stereocenters. The standard InChI is InChI=1S/C18H26O/c1-17-8-4-6-14(17)13-11-12-5-3-9-18(2,16(12)19)15(13)7-10-17/h3,5,12-15H,4,6-11H2,1-2H3/t12-,13+,14-,15+,17-,18-/m1/s1.